The maximum Gasteiger partial charge on any atom is 0.255 e. The zero-order chi connectivity index (χ0) is 23.4. The Hall–Kier alpha value is -2.42. The van der Waals surface area contributed by atoms with Crippen LogP contribution in [0.15, 0.2) is 47.5 Å². The number of hydrogen-bond acceptors (Lipinski definition) is 6. The number of anilines is 1. The lowest BCUT2D eigenvalue weighted by molar-refractivity contribution is -0.136. The molecule has 0 aliphatic carbocycles. The summed E-state index contributed by atoms with van der Waals surface area (Å²) in [7, 11) is 0. The fourth-order valence-electron chi connectivity index (χ4n) is 4.77. The number of halogens is 1. The van der Waals surface area contributed by atoms with Crippen molar-refractivity contribution in [3.8, 4) is 0 Å². The molecule has 4 rings (SSSR count). The fourth-order valence-corrected chi connectivity index (χ4v) is 4.77. The third-order valence-electron chi connectivity index (χ3n) is 7.09. The molecule has 34 heavy (non-hydrogen) atoms. The molecule has 9 heteroatoms. The first kappa shape index (κ1) is 26.2. The first-order valence-electron chi connectivity index (χ1n) is 12.0. The van der Waals surface area contributed by atoms with Gasteiger partial charge in [0, 0.05) is 44.7 Å². The molecule has 186 valence electrons. The number of carbonyl (C=O) groups excluding carboxylic acids is 1. The Kier molecular flexibility index (Phi) is 8.73. The van der Waals surface area contributed by atoms with Gasteiger partial charge in [-0.1, -0.05) is 37.3 Å². The minimum atomic E-state index is -1.02. The van der Waals surface area contributed by atoms with E-state index in [2.05, 4.69) is 16.8 Å². The highest BCUT2D eigenvalue weighted by molar-refractivity contribution is 5.85. The van der Waals surface area contributed by atoms with Gasteiger partial charge in [-0.15, -0.1) is 12.4 Å². The maximum absolute atomic E-state index is 12.8. The molecule has 2 aliphatic rings. The summed E-state index contributed by atoms with van der Waals surface area (Å²) in [6.07, 6.45) is 4.65. The molecule has 0 radical (unpaired) electrons. The maximum atomic E-state index is 12.8. The van der Waals surface area contributed by atoms with E-state index in [0.717, 1.165) is 31.5 Å². The van der Waals surface area contributed by atoms with E-state index in [1.54, 1.807) is 6.07 Å². The largest absolute Gasteiger partial charge is 0.388 e. The molecule has 1 amide bonds. The van der Waals surface area contributed by atoms with Gasteiger partial charge >= 0.3 is 0 Å². The van der Waals surface area contributed by atoms with E-state index in [1.807, 2.05) is 35.2 Å². The summed E-state index contributed by atoms with van der Waals surface area (Å²) < 4.78 is 1.48. The summed E-state index contributed by atoms with van der Waals surface area (Å²) in [5, 5.41) is 11.1. The van der Waals surface area contributed by atoms with E-state index in [4.69, 9.17) is 5.73 Å². The second-order valence-corrected chi connectivity index (χ2v) is 9.66. The van der Waals surface area contributed by atoms with Crippen molar-refractivity contribution in [2.24, 2.45) is 5.73 Å². The number of benzene rings is 1. The second-order valence-electron chi connectivity index (χ2n) is 9.66. The Bertz CT molecular complexity index is 999. The Labute approximate surface area is 207 Å². The predicted molar refractivity (Wildman–Crippen MR) is 135 cm³/mol. The van der Waals surface area contributed by atoms with Crippen LogP contribution in [0.2, 0.25) is 0 Å². The average molecular weight is 490 g/mol. The lowest BCUT2D eigenvalue weighted by atomic mass is 9.90. The van der Waals surface area contributed by atoms with Gasteiger partial charge in [-0.05, 0) is 37.2 Å². The molecule has 0 saturated carbocycles. The molecule has 2 saturated heterocycles. The monoisotopic (exact) mass is 489 g/mol. The molecule has 2 aromatic rings. The normalized spacial score (nSPS) is 19.4. The number of amides is 1. The first-order valence-corrected chi connectivity index (χ1v) is 12.0. The standard InChI is InChI=1S/C25H35N5O3.ClH/c1-19(20-5-3-2-4-6-20)15-23(31)29-13-9-25(33,10-14-29)17-30-18-27-22(16-24(30)32)28-11-7-21(26)8-12-28;/h2-6,16,18-19,21,33H,7-15,17,26H2,1H3;1H/t19-;/m1./s1. The number of hydrogen-bond donors (Lipinski definition) is 2. The first-order chi connectivity index (χ1) is 15.8. The van der Waals surface area contributed by atoms with Crippen LogP contribution in [-0.2, 0) is 11.3 Å². The van der Waals surface area contributed by atoms with Crippen molar-refractivity contribution in [2.45, 2.75) is 63.1 Å². The highest BCUT2D eigenvalue weighted by Crippen LogP contribution is 2.26. The van der Waals surface area contributed by atoms with Gasteiger partial charge in [0.25, 0.3) is 5.56 Å². The highest BCUT2D eigenvalue weighted by Gasteiger charge is 2.35. The van der Waals surface area contributed by atoms with Gasteiger partial charge in [-0.3, -0.25) is 14.2 Å². The third kappa shape index (κ3) is 6.37. The topological polar surface area (TPSA) is 105 Å². The van der Waals surface area contributed by atoms with Gasteiger partial charge in [0.1, 0.15) is 5.82 Å². The van der Waals surface area contributed by atoms with Gasteiger partial charge in [0.15, 0.2) is 0 Å². The smallest absolute Gasteiger partial charge is 0.255 e. The van der Waals surface area contributed by atoms with E-state index in [0.29, 0.717) is 38.2 Å². The van der Waals surface area contributed by atoms with Crippen LogP contribution in [0.25, 0.3) is 0 Å². The van der Waals surface area contributed by atoms with Crippen LogP contribution in [0.5, 0.6) is 0 Å². The number of aliphatic hydroxyl groups is 1. The highest BCUT2D eigenvalue weighted by atomic mass is 35.5. The predicted octanol–water partition coefficient (Wildman–Crippen LogP) is 2.14. The molecule has 0 bridgehead atoms. The number of carbonyl (C=O) groups is 1. The summed E-state index contributed by atoms with van der Waals surface area (Å²) >= 11 is 0. The van der Waals surface area contributed by atoms with Crippen molar-refractivity contribution in [1.29, 1.82) is 0 Å². The van der Waals surface area contributed by atoms with Crippen molar-refractivity contribution in [1.82, 2.24) is 14.5 Å². The summed E-state index contributed by atoms with van der Waals surface area (Å²) in [5.74, 6) is 0.930. The van der Waals surface area contributed by atoms with Crippen LogP contribution in [-0.4, -0.2) is 63.3 Å². The summed E-state index contributed by atoms with van der Waals surface area (Å²) in [4.78, 5) is 33.8. The minimum Gasteiger partial charge on any atom is -0.388 e. The zero-order valence-electron chi connectivity index (χ0n) is 19.8. The molecule has 2 fully saturated rings. The lowest BCUT2D eigenvalue weighted by Crippen LogP contribution is -2.49. The van der Waals surface area contributed by atoms with Crippen LogP contribution < -0.4 is 16.2 Å². The van der Waals surface area contributed by atoms with Crippen molar-refractivity contribution < 1.29 is 9.90 Å². The van der Waals surface area contributed by atoms with Gasteiger partial charge in [-0.25, -0.2) is 4.98 Å². The number of nitrogens with two attached hydrogens (primary N) is 1. The quantitative estimate of drug-likeness (QED) is 0.644. The van der Waals surface area contributed by atoms with Crippen LogP contribution in [0.1, 0.15) is 50.5 Å². The SMILES string of the molecule is C[C@H](CC(=O)N1CCC(O)(Cn2cnc(N3CCC(N)CC3)cc2=O)CC1)c1ccccc1.Cl. The average Bonchev–Trinajstić information content (AvgIpc) is 2.82. The summed E-state index contributed by atoms with van der Waals surface area (Å²) in [6.45, 7) is 4.83. The van der Waals surface area contributed by atoms with E-state index in [1.165, 1.54) is 10.9 Å². The molecule has 1 aromatic carbocycles. The molecule has 0 spiro atoms. The number of rotatable bonds is 6. The number of piperidine rings is 2. The number of nitrogens with zero attached hydrogens (tertiary/aromatic N) is 4. The molecule has 8 nitrogen and oxygen atoms in total. The second kappa shape index (κ2) is 11.3. The van der Waals surface area contributed by atoms with Crippen LogP contribution in [0, 0.1) is 0 Å². The lowest BCUT2D eigenvalue weighted by Gasteiger charge is -2.38. The van der Waals surface area contributed by atoms with Crippen LogP contribution in [0.3, 0.4) is 0 Å². The van der Waals surface area contributed by atoms with Crippen LogP contribution >= 0.6 is 12.4 Å². The number of aromatic nitrogens is 2. The summed E-state index contributed by atoms with van der Waals surface area (Å²) in [5.41, 5.74) is 5.93. The van der Waals surface area contributed by atoms with E-state index >= 15 is 0 Å². The molecular weight excluding hydrogens is 454 g/mol. The summed E-state index contributed by atoms with van der Waals surface area (Å²) in [6, 6.07) is 11.8. The van der Waals surface area contributed by atoms with E-state index < -0.39 is 5.60 Å². The van der Waals surface area contributed by atoms with E-state index in [-0.39, 0.29) is 42.4 Å². The Morgan fingerprint density at radius 1 is 1.18 bits per heavy atom. The fraction of sp³-hybridized carbons (Fsp3) is 0.560. The molecule has 2 aliphatic heterocycles. The Balaban J connectivity index is 0.00000324. The Morgan fingerprint density at radius 2 is 1.82 bits per heavy atom. The van der Waals surface area contributed by atoms with Gasteiger partial charge in [-0.2, -0.15) is 0 Å². The van der Waals surface area contributed by atoms with Gasteiger partial charge < -0.3 is 20.6 Å². The Morgan fingerprint density at radius 3 is 2.44 bits per heavy atom. The number of likely N-dealkylation sites (tertiary alicyclic amines) is 1. The molecule has 1 aromatic heterocycles. The van der Waals surface area contributed by atoms with E-state index in [9.17, 15) is 14.7 Å². The molecular formula is C25H36ClN5O3. The van der Waals surface area contributed by atoms with Gasteiger partial charge in [0.2, 0.25) is 5.91 Å². The minimum absolute atomic E-state index is 0. The molecule has 3 N–H and O–H groups in total. The van der Waals surface area contributed by atoms with Crippen molar-refractivity contribution in [2.75, 3.05) is 31.1 Å². The van der Waals surface area contributed by atoms with Crippen molar-refractivity contribution in [3.63, 3.8) is 0 Å². The zero-order valence-corrected chi connectivity index (χ0v) is 20.6. The molecule has 3 heterocycles. The van der Waals surface area contributed by atoms with Crippen molar-refractivity contribution >= 4 is 24.1 Å². The van der Waals surface area contributed by atoms with Crippen molar-refractivity contribution in [3.05, 3.63) is 58.6 Å². The molecule has 0 unspecified atom stereocenters. The molecule has 1 atom stereocenters. The van der Waals surface area contributed by atoms with Gasteiger partial charge in [0.05, 0.1) is 18.5 Å². The third-order valence-corrected chi connectivity index (χ3v) is 7.09. The van der Waals surface area contributed by atoms with Crippen LogP contribution in [0.4, 0.5) is 5.82 Å².